The Bertz CT molecular complexity index is 652. The Hall–Kier alpha value is -1.11. The molecule has 1 aliphatic heterocycles. The Kier molecular flexibility index (Phi) is 4.66. The number of fused-ring (bicyclic) bond motifs is 1. The van der Waals surface area contributed by atoms with Crippen LogP contribution in [0.25, 0.3) is 0 Å². The fraction of sp³-hybridized carbons (Fsp3) is 0.611. The van der Waals surface area contributed by atoms with Gasteiger partial charge in [0.25, 0.3) is 0 Å². The molecular weight excluding hydrogens is 327 g/mol. The lowest BCUT2D eigenvalue weighted by molar-refractivity contribution is -0.171. The lowest BCUT2D eigenvalue weighted by Gasteiger charge is -2.57. The zero-order chi connectivity index (χ0) is 17.5. The van der Waals surface area contributed by atoms with Crippen molar-refractivity contribution in [2.75, 3.05) is 12.4 Å². The Labute approximate surface area is 146 Å². The highest BCUT2D eigenvalue weighted by Gasteiger charge is 2.63. The zero-order valence-corrected chi connectivity index (χ0v) is 15.2. The predicted octanol–water partition coefficient (Wildman–Crippen LogP) is 3.01. The zero-order valence-electron chi connectivity index (χ0n) is 14.4. The SMILES string of the molecule is CCOC1CC(N)(C(=O)NC2CCSc3ccc(F)cc32)C1(C)C. The standard InChI is InChI=1S/C18H25FN2O2S/c1-4-23-15-10-18(20,17(15,2)3)16(22)21-13-7-8-24-14-6-5-11(19)9-12(13)14/h5-6,9,13,15H,4,7-8,10,20H2,1-3H3,(H,21,22). The third-order valence-electron chi connectivity index (χ3n) is 5.55. The number of hydrogen-bond acceptors (Lipinski definition) is 4. The summed E-state index contributed by atoms with van der Waals surface area (Å²) >= 11 is 1.69. The quantitative estimate of drug-likeness (QED) is 0.874. The molecule has 3 unspecified atom stereocenters. The first-order chi connectivity index (χ1) is 11.3. The van der Waals surface area contributed by atoms with Crippen LogP contribution in [0.5, 0.6) is 0 Å². The number of thioether (sulfide) groups is 1. The molecule has 0 radical (unpaired) electrons. The molecule has 0 saturated heterocycles. The third kappa shape index (κ3) is 2.74. The highest BCUT2D eigenvalue weighted by atomic mass is 32.2. The van der Waals surface area contributed by atoms with Gasteiger partial charge in [-0.2, -0.15) is 0 Å². The summed E-state index contributed by atoms with van der Waals surface area (Å²) in [6.45, 7) is 6.50. The first-order valence-corrected chi connectivity index (χ1v) is 9.42. The van der Waals surface area contributed by atoms with Crippen LogP contribution in [-0.2, 0) is 9.53 Å². The summed E-state index contributed by atoms with van der Waals surface area (Å²) in [5, 5.41) is 3.06. The van der Waals surface area contributed by atoms with Crippen LogP contribution in [0.1, 0.15) is 45.2 Å². The summed E-state index contributed by atoms with van der Waals surface area (Å²) in [6.07, 6.45) is 1.28. The molecule has 132 valence electrons. The summed E-state index contributed by atoms with van der Waals surface area (Å²) < 4.78 is 19.3. The highest BCUT2D eigenvalue weighted by Crippen LogP contribution is 2.50. The summed E-state index contributed by atoms with van der Waals surface area (Å²) in [6, 6.07) is 4.57. The van der Waals surface area contributed by atoms with E-state index in [0.717, 1.165) is 22.6 Å². The second-order valence-corrected chi connectivity index (χ2v) is 8.32. The van der Waals surface area contributed by atoms with Crippen LogP contribution in [0.3, 0.4) is 0 Å². The lowest BCUT2D eigenvalue weighted by atomic mass is 9.54. The molecule has 1 aromatic carbocycles. The van der Waals surface area contributed by atoms with Crippen molar-refractivity contribution >= 4 is 17.7 Å². The number of carbonyl (C=O) groups is 1. The smallest absolute Gasteiger partial charge is 0.241 e. The molecule has 3 atom stereocenters. The topological polar surface area (TPSA) is 64.3 Å². The van der Waals surface area contributed by atoms with Gasteiger partial charge < -0.3 is 15.8 Å². The van der Waals surface area contributed by atoms with Gasteiger partial charge in [-0.05, 0) is 37.1 Å². The second-order valence-electron chi connectivity index (χ2n) is 7.19. The molecule has 4 nitrogen and oxygen atoms in total. The van der Waals surface area contributed by atoms with Gasteiger partial charge in [0.15, 0.2) is 0 Å². The molecule has 1 saturated carbocycles. The number of amides is 1. The summed E-state index contributed by atoms with van der Waals surface area (Å²) in [4.78, 5) is 13.9. The normalized spacial score (nSPS) is 31.0. The molecule has 1 heterocycles. The summed E-state index contributed by atoms with van der Waals surface area (Å²) in [5.41, 5.74) is 5.91. The van der Waals surface area contributed by atoms with E-state index in [4.69, 9.17) is 10.5 Å². The van der Waals surface area contributed by atoms with E-state index >= 15 is 0 Å². The number of nitrogens with two attached hydrogens (primary N) is 1. The number of hydrogen-bond donors (Lipinski definition) is 2. The van der Waals surface area contributed by atoms with Crippen LogP contribution in [-0.4, -0.2) is 29.9 Å². The highest BCUT2D eigenvalue weighted by molar-refractivity contribution is 7.99. The molecule has 1 amide bonds. The molecular formula is C18H25FN2O2S. The molecule has 6 heteroatoms. The van der Waals surface area contributed by atoms with Crippen LogP contribution in [0.15, 0.2) is 23.1 Å². The first-order valence-electron chi connectivity index (χ1n) is 8.43. The maximum atomic E-state index is 13.6. The van der Waals surface area contributed by atoms with E-state index in [2.05, 4.69) is 5.32 Å². The minimum atomic E-state index is -0.953. The number of carbonyl (C=O) groups excluding carboxylic acids is 1. The van der Waals surface area contributed by atoms with Crippen molar-refractivity contribution in [2.45, 2.75) is 56.2 Å². The van der Waals surface area contributed by atoms with Crippen molar-refractivity contribution in [2.24, 2.45) is 11.1 Å². The van der Waals surface area contributed by atoms with E-state index in [1.54, 1.807) is 17.8 Å². The monoisotopic (exact) mass is 352 g/mol. The Morgan fingerprint density at radius 2 is 2.25 bits per heavy atom. The fourth-order valence-electron chi connectivity index (χ4n) is 3.62. The van der Waals surface area contributed by atoms with Crippen molar-refractivity contribution in [3.8, 4) is 0 Å². The van der Waals surface area contributed by atoms with E-state index in [9.17, 15) is 9.18 Å². The molecule has 1 fully saturated rings. The van der Waals surface area contributed by atoms with Gasteiger partial charge in [-0.1, -0.05) is 13.8 Å². The van der Waals surface area contributed by atoms with Crippen LogP contribution >= 0.6 is 11.8 Å². The number of benzene rings is 1. The van der Waals surface area contributed by atoms with Crippen LogP contribution < -0.4 is 11.1 Å². The van der Waals surface area contributed by atoms with E-state index in [1.807, 2.05) is 20.8 Å². The molecule has 3 N–H and O–H groups in total. The summed E-state index contributed by atoms with van der Waals surface area (Å²) in [5.74, 6) is 0.445. The second kappa shape index (κ2) is 6.32. The molecule has 24 heavy (non-hydrogen) atoms. The van der Waals surface area contributed by atoms with E-state index in [1.165, 1.54) is 12.1 Å². The molecule has 0 bridgehead atoms. The molecule has 0 aromatic heterocycles. The fourth-order valence-corrected chi connectivity index (χ4v) is 4.73. The van der Waals surface area contributed by atoms with Crippen molar-refractivity contribution in [3.63, 3.8) is 0 Å². The van der Waals surface area contributed by atoms with Gasteiger partial charge in [-0.25, -0.2) is 4.39 Å². The number of ether oxygens (including phenoxy) is 1. The first kappa shape index (κ1) is 17.7. The Morgan fingerprint density at radius 3 is 2.92 bits per heavy atom. The number of halogens is 1. The molecule has 0 spiro atoms. The van der Waals surface area contributed by atoms with Crippen molar-refractivity contribution in [3.05, 3.63) is 29.6 Å². The minimum Gasteiger partial charge on any atom is -0.378 e. The van der Waals surface area contributed by atoms with Gasteiger partial charge in [0.1, 0.15) is 11.4 Å². The van der Waals surface area contributed by atoms with E-state index in [0.29, 0.717) is 13.0 Å². The van der Waals surface area contributed by atoms with Gasteiger partial charge in [-0.3, -0.25) is 4.79 Å². The molecule has 3 rings (SSSR count). The molecule has 1 aliphatic carbocycles. The van der Waals surface area contributed by atoms with Gasteiger partial charge in [0.05, 0.1) is 12.1 Å². The summed E-state index contributed by atoms with van der Waals surface area (Å²) in [7, 11) is 0. The van der Waals surface area contributed by atoms with Gasteiger partial charge >= 0.3 is 0 Å². The largest absolute Gasteiger partial charge is 0.378 e. The van der Waals surface area contributed by atoms with E-state index < -0.39 is 11.0 Å². The average molecular weight is 352 g/mol. The third-order valence-corrected chi connectivity index (χ3v) is 6.67. The minimum absolute atomic E-state index is 0.00936. The van der Waals surface area contributed by atoms with Gasteiger partial charge in [-0.15, -0.1) is 11.8 Å². The number of rotatable bonds is 4. The Balaban J connectivity index is 1.76. The van der Waals surface area contributed by atoms with Crippen LogP contribution in [0.2, 0.25) is 0 Å². The maximum absolute atomic E-state index is 13.6. The Morgan fingerprint density at radius 1 is 1.50 bits per heavy atom. The lowest BCUT2D eigenvalue weighted by Crippen LogP contribution is -2.75. The van der Waals surface area contributed by atoms with Crippen LogP contribution in [0.4, 0.5) is 4.39 Å². The maximum Gasteiger partial charge on any atom is 0.241 e. The molecule has 2 aliphatic rings. The van der Waals surface area contributed by atoms with Crippen LogP contribution in [0, 0.1) is 11.2 Å². The molecule has 1 aromatic rings. The number of nitrogens with one attached hydrogen (secondary N) is 1. The predicted molar refractivity (Wildman–Crippen MR) is 93.4 cm³/mol. The van der Waals surface area contributed by atoms with Crippen molar-refractivity contribution in [1.29, 1.82) is 0 Å². The van der Waals surface area contributed by atoms with E-state index in [-0.39, 0.29) is 23.9 Å². The average Bonchev–Trinajstić information content (AvgIpc) is 2.55. The van der Waals surface area contributed by atoms with Crippen molar-refractivity contribution in [1.82, 2.24) is 5.32 Å². The van der Waals surface area contributed by atoms with Crippen molar-refractivity contribution < 1.29 is 13.9 Å². The van der Waals surface area contributed by atoms with Gasteiger partial charge in [0.2, 0.25) is 5.91 Å². The van der Waals surface area contributed by atoms with Gasteiger partial charge in [0, 0.05) is 29.1 Å².